The van der Waals surface area contributed by atoms with Crippen LogP contribution in [0.15, 0.2) is 4.34 Å². The highest BCUT2D eigenvalue weighted by molar-refractivity contribution is 8.01. The lowest BCUT2D eigenvalue weighted by Crippen LogP contribution is -2.31. The van der Waals surface area contributed by atoms with Gasteiger partial charge in [0.15, 0.2) is 4.34 Å². The minimum Gasteiger partial charge on any atom is -0.355 e. The smallest absolute Gasteiger partial charge is 0.233 e. The van der Waals surface area contributed by atoms with E-state index in [9.17, 15) is 4.79 Å². The van der Waals surface area contributed by atoms with Crippen LogP contribution < -0.4 is 5.32 Å². The Kier molecular flexibility index (Phi) is 6.06. The number of amides is 1. The maximum absolute atomic E-state index is 11.9. The van der Waals surface area contributed by atoms with Gasteiger partial charge in [0.1, 0.15) is 0 Å². The van der Waals surface area contributed by atoms with Crippen molar-refractivity contribution >= 4 is 34.1 Å². The van der Waals surface area contributed by atoms with Gasteiger partial charge in [0.05, 0.1) is 5.75 Å². The largest absolute Gasteiger partial charge is 0.355 e. The SMILES string of the molecule is CCN(CC)C(=O)CSc1nnc(NC(C)(C)C)s1. The fourth-order valence-electron chi connectivity index (χ4n) is 1.43. The Balaban J connectivity index is 2.48. The van der Waals surface area contributed by atoms with Gasteiger partial charge in [-0.2, -0.15) is 0 Å². The van der Waals surface area contributed by atoms with E-state index >= 15 is 0 Å². The van der Waals surface area contributed by atoms with Crippen LogP contribution in [0.5, 0.6) is 0 Å². The fourth-order valence-corrected chi connectivity index (χ4v) is 3.29. The van der Waals surface area contributed by atoms with E-state index in [1.165, 1.54) is 23.1 Å². The summed E-state index contributed by atoms with van der Waals surface area (Å²) in [4.78, 5) is 13.7. The second-order valence-electron chi connectivity index (χ2n) is 5.10. The molecule has 0 aromatic carbocycles. The van der Waals surface area contributed by atoms with Crippen LogP contribution in [0.3, 0.4) is 0 Å². The number of rotatable bonds is 6. The van der Waals surface area contributed by atoms with E-state index in [0.29, 0.717) is 5.75 Å². The second-order valence-corrected chi connectivity index (χ2v) is 7.30. The van der Waals surface area contributed by atoms with Crippen molar-refractivity contribution in [2.24, 2.45) is 0 Å². The molecule has 0 unspecified atom stereocenters. The van der Waals surface area contributed by atoms with Gasteiger partial charge in [0, 0.05) is 18.6 Å². The Morgan fingerprint density at radius 2 is 1.95 bits per heavy atom. The Morgan fingerprint density at radius 3 is 2.47 bits per heavy atom. The van der Waals surface area contributed by atoms with Crippen molar-refractivity contribution in [1.82, 2.24) is 15.1 Å². The van der Waals surface area contributed by atoms with Gasteiger partial charge < -0.3 is 10.2 Å². The number of carbonyl (C=O) groups excluding carboxylic acids is 1. The minimum atomic E-state index is -0.0293. The molecule has 1 N–H and O–H groups in total. The molecule has 0 aliphatic heterocycles. The molecule has 0 fully saturated rings. The number of aromatic nitrogens is 2. The highest BCUT2D eigenvalue weighted by Gasteiger charge is 2.15. The molecular formula is C12H22N4OS2. The van der Waals surface area contributed by atoms with Crippen LogP contribution in [0.25, 0.3) is 0 Å². The molecule has 1 aromatic heterocycles. The molecule has 5 nitrogen and oxygen atoms in total. The number of nitrogens with zero attached hydrogens (tertiary/aromatic N) is 3. The van der Waals surface area contributed by atoms with Gasteiger partial charge >= 0.3 is 0 Å². The highest BCUT2D eigenvalue weighted by atomic mass is 32.2. The zero-order valence-electron chi connectivity index (χ0n) is 12.2. The van der Waals surface area contributed by atoms with Gasteiger partial charge in [-0.05, 0) is 34.6 Å². The van der Waals surface area contributed by atoms with E-state index < -0.39 is 0 Å². The summed E-state index contributed by atoms with van der Waals surface area (Å²) in [6.45, 7) is 11.7. The molecule has 0 radical (unpaired) electrons. The molecule has 0 bridgehead atoms. The molecule has 1 heterocycles. The van der Waals surface area contributed by atoms with E-state index in [4.69, 9.17) is 0 Å². The van der Waals surface area contributed by atoms with Gasteiger partial charge in [0.25, 0.3) is 0 Å². The summed E-state index contributed by atoms with van der Waals surface area (Å²) in [7, 11) is 0. The Hall–Kier alpha value is -0.820. The summed E-state index contributed by atoms with van der Waals surface area (Å²) in [6.07, 6.45) is 0. The molecular weight excluding hydrogens is 280 g/mol. The Labute approximate surface area is 123 Å². The first-order valence-corrected chi connectivity index (χ1v) is 8.18. The predicted octanol–water partition coefficient (Wildman–Crippen LogP) is 2.71. The fraction of sp³-hybridized carbons (Fsp3) is 0.750. The normalized spacial score (nSPS) is 11.4. The first kappa shape index (κ1) is 16.2. The lowest BCUT2D eigenvalue weighted by molar-refractivity contribution is -0.127. The molecule has 0 aliphatic rings. The highest BCUT2D eigenvalue weighted by Crippen LogP contribution is 2.27. The van der Waals surface area contributed by atoms with Crippen molar-refractivity contribution in [3.05, 3.63) is 0 Å². The minimum absolute atomic E-state index is 0.0293. The summed E-state index contributed by atoms with van der Waals surface area (Å²) in [5.74, 6) is 0.571. The molecule has 7 heteroatoms. The van der Waals surface area contributed by atoms with Gasteiger partial charge in [-0.1, -0.05) is 23.1 Å². The topological polar surface area (TPSA) is 58.1 Å². The Morgan fingerprint density at radius 1 is 1.32 bits per heavy atom. The predicted molar refractivity (Wildman–Crippen MR) is 81.9 cm³/mol. The lowest BCUT2D eigenvalue weighted by atomic mass is 10.1. The zero-order chi connectivity index (χ0) is 14.5. The first-order chi connectivity index (χ1) is 8.85. The van der Waals surface area contributed by atoms with Crippen LogP contribution in [-0.2, 0) is 4.79 Å². The zero-order valence-corrected chi connectivity index (χ0v) is 13.8. The number of hydrogen-bond donors (Lipinski definition) is 1. The lowest BCUT2D eigenvalue weighted by Gasteiger charge is -2.18. The quantitative estimate of drug-likeness (QED) is 0.819. The first-order valence-electron chi connectivity index (χ1n) is 6.38. The van der Waals surface area contributed by atoms with Gasteiger partial charge in [0.2, 0.25) is 11.0 Å². The number of nitrogens with one attached hydrogen (secondary N) is 1. The Bertz CT molecular complexity index is 410. The summed E-state index contributed by atoms with van der Waals surface area (Å²) in [5, 5.41) is 12.2. The average Bonchev–Trinajstić information content (AvgIpc) is 2.73. The van der Waals surface area contributed by atoms with Crippen LogP contribution >= 0.6 is 23.1 Å². The molecule has 19 heavy (non-hydrogen) atoms. The third kappa shape index (κ3) is 5.78. The maximum Gasteiger partial charge on any atom is 0.233 e. The number of thioether (sulfide) groups is 1. The molecule has 0 saturated heterocycles. The van der Waals surface area contributed by atoms with Crippen molar-refractivity contribution in [2.75, 3.05) is 24.2 Å². The number of anilines is 1. The standard InChI is InChI=1S/C12H22N4OS2/c1-6-16(7-2)9(17)8-18-11-15-14-10(19-11)13-12(3,4)5/h6-8H2,1-5H3,(H,13,14). The van der Waals surface area contributed by atoms with Crippen molar-refractivity contribution in [3.63, 3.8) is 0 Å². The average molecular weight is 302 g/mol. The van der Waals surface area contributed by atoms with Crippen LogP contribution in [-0.4, -0.2) is 45.4 Å². The number of hydrogen-bond acceptors (Lipinski definition) is 6. The second kappa shape index (κ2) is 7.09. The van der Waals surface area contributed by atoms with E-state index in [1.807, 2.05) is 18.7 Å². The van der Waals surface area contributed by atoms with Crippen molar-refractivity contribution < 1.29 is 4.79 Å². The molecule has 1 rings (SSSR count). The van der Waals surface area contributed by atoms with Gasteiger partial charge in [-0.15, -0.1) is 10.2 Å². The molecule has 1 aromatic rings. The molecule has 108 valence electrons. The van der Waals surface area contributed by atoms with Crippen LogP contribution in [0.1, 0.15) is 34.6 Å². The summed E-state index contributed by atoms with van der Waals surface area (Å²) in [6, 6.07) is 0. The van der Waals surface area contributed by atoms with Gasteiger partial charge in [-0.25, -0.2) is 0 Å². The van der Waals surface area contributed by atoms with E-state index in [1.54, 1.807) is 0 Å². The van der Waals surface area contributed by atoms with Crippen LogP contribution in [0, 0.1) is 0 Å². The number of carbonyl (C=O) groups is 1. The van der Waals surface area contributed by atoms with E-state index in [0.717, 1.165) is 22.6 Å². The summed E-state index contributed by atoms with van der Waals surface area (Å²) >= 11 is 2.94. The maximum atomic E-state index is 11.9. The molecule has 0 saturated carbocycles. The third-order valence-corrected chi connectivity index (χ3v) is 4.28. The van der Waals surface area contributed by atoms with E-state index in [-0.39, 0.29) is 11.4 Å². The van der Waals surface area contributed by atoms with E-state index in [2.05, 4.69) is 36.3 Å². The van der Waals surface area contributed by atoms with Crippen molar-refractivity contribution in [2.45, 2.75) is 44.5 Å². The van der Waals surface area contributed by atoms with Gasteiger partial charge in [-0.3, -0.25) is 4.79 Å². The van der Waals surface area contributed by atoms with Crippen molar-refractivity contribution in [3.8, 4) is 0 Å². The summed E-state index contributed by atoms with van der Waals surface area (Å²) in [5.41, 5.74) is -0.0293. The third-order valence-electron chi connectivity index (χ3n) is 2.32. The monoisotopic (exact) mass is 302 g/mol. The van der Waals surface area contributed by atoms with Crippen LogP contribution in [0.2, 0.25) is 0 Å². The molecule has 0 spiro atoms. The molecule has 1 amide bonds. The molecule has 0 atom stereocenters. The molecule has 0 aliphatic carbocycles. The van der Waals surface area contributed by atoms with Crippen molar-refractivity contribution in [1.29, 1.82) is 0 Å². The summed E-state index contributed by atoms with van der Waals surface area (Å²) < 4.78 is 0.826. The van der Waals surface area contributed by atoms with Crippen LogP contribution in [0.4, 0.5) is 5.13 Å².